The molecule has 2 rings (SSSR count). The van der Waals surface area contributed by atoms with E-state index in [0.717, 1.165) is 0 Å². The van der Waals surface area contributed by atoms with E-state index in [1.807, 2.05) is 0 Å². The van der Waals surface area contributed by atoms with Crippen LogP contribution in [0.1, 0.15) is 5.56 Å². The zero-order valence-corrected chi connectivity index (χ0v) is 8.89. The standard InChI is InChI=1S/C8H6ClNO4S/c9-5-3-6-4(2-8(11)10-6)1-7(5)15(12,13)14/h1,3H,2H2,(H,10,11)(H,12,13,14). The summed E-state index contributed by atoms with van der Waals surface area (Å²) in [4.78, 5) is 10.6. The van der Waals surface area contributed by atoms with Gasteiger partial charge in [0.1, 0.15) is 4.90 Å². The van der Waals surface area contributed by atoms with E-state index in [9.17, 15) is 13.2 Å². The molecule has 0 fully saturated rings. The Balaban J connectivity index is 2.64. The molecule has 1 aliphatic rings. The summed E-state index contributed by atoms with van der Waals surface area (Å²) in [5.74, 6) is -0.228. The predicted molar refractivity (Wildman–Crippen MR) is 53.6 cm³/mol. The molecule has 0 saturated heterocycles. The van der Waals surface area contributed by atoms with Gasteiger partial charge in [0.05, 0.1) is 11.4 Å². The Labute approximate surface area is 90.8 Å². The van der Waals surface area contributed by atoms with Gasteiger partial charge in [0, 0.05) is 5.69 Å². The van der Waals surface area contributed by atoms with Crippen molar-refractivity contribution in [1.29, 1.82) is 0 Å². The Hall–Kier alpha value is -1.11. The maximum Gasteiger partial charge on any atom is 0.296 e. The molecule has 0 atom stereocenters. The number of benzene rings is 1. The molecule has 15 heavy (non-hydrogen) atoms. The van der Waals surface area contributed by atoms with E-state index in [1.165, 1.54) is 12.1 Å². The predicted octanol–water partition coefficient (Wildman–Crippen LogP) is 1.08. The van der Waals surface area contributed by atoms with E-state index in [0.29, 0.717) is 11.3 Å². The first-order valence-corrected chi connectivity index (χ1v) is 5.79. The number of carbonyl (C=O) groups is 1. The molecule has 0 aliphatic carbocycles. The van der Waals surface area contributed by atoms with E-state index in [4.69, 9.17) is 16.2 Å². The molecule has 0 spiro atoms. The molecule has 2 N–H and O–H groups in total. The van der Waals surface area contributed by atoms with E-state index in [2.05, 4.69) is 5.32 Å². The fourth-order valence-electron chi connectivity index (χ4n) is 1.42. The van der Waals surface area contributed by atoms with Gasteiger partial charge in [0.2, 0.25) is 5.91 Å². The van der Waals surface area contributed by atoms with E-state index >= 15 is 0 Å². The van der Waals surface area contributed by atoms with Gasteiger partial charge in [-0.1, -0.05) is 11.6 Å². The number of hydrogen-bond acceptors (Lipinski definition) is 3. The van der Waals surface area contributed by atoms with Gasteiger partial charge < -0.3 is 5.32 Å². The number of halogens is 1. The number of rotatable bonds is 1. The lowest BCUT2D eigenvalue weighted by molar-refractivity contribution is -0.115. The summed E-state index contributed by atoms with van der Waals surface area (Å²) < 4.78 is 30.7. The summed E-state index contributed by atoms with van der Waals surface area (Å²) in [6.45, 7) is 0. The average Bonchev–Trinajstić information content (AvgIpc) is 2.40. The molecule has 1 amide bonds. The van der Waals surface area contributed by atoms with Gasteiger partial charge in [0.15, 0.2) is 0 Å². The van der Waals surface area contributed by atoms with Crippen molar-refractivity contribution in [3.63, 3.8) is 0 Å². The van der Waals surface area contributed by atoms with Crippen LogP contribution in [0.5, 0.6) is 0 Å². The molecule has 0 radical (unpaired) electrons. The number of amides is 1. The highest BCUT2D eigenvalue weighted by Gasteiger charge is 2.23. The van der Waals surface area contributed by atoms with E-state index in [-0.39, 0.29) is 22.2 Å². The summed E-state index contributed by atoms with van der Waals surface area (Å²) in [6, 6.07) is 2.51. The minimum atomic E-state index is -4.34. The first-order chi connectivity index (χ1) is 6.88. The second-order valence-corrected chi connectivity index (χ2v) is 4.94. The SMILES string of the molecule is O=C1Cc2cc(S(=O)(=O)O)c(Cl)cc2N1. The smallest absolute Gasteiger partial charge is 0.296 e. The summed E-state index contributed by atoms with van der Waals surface area (Å²) in [5, 5.41) is 2.40. The van der Waals surface area contributed by atoms with Crippen LogP contribution in [0.2, 0.25) is 5.02 Å². The summed E-state index contributed by atoms with van der Waals surface area (Å²) in [7, 11) is -4.34. The minimum Gasteiger partial charge on any atom is -0.325 e. The Morgan fingerprint density at radius 2 is 2.07 bits per heavy atom. The molecule has 0 aromatic heterocycles. The fraction of sp³-hybridized carbons (Fsp3) is 0.125. The molecule has 1 aliphatic heterocycles. The van der Waals surface area contributed by atoms with Crippen molar-refractivity contribution in [2.45, 2.75) is 11.3 Å². The van der Waals surface area contributed by atoms with Crippen molar-refractivity contribution in [1.82, 2.24) is 0 Å². The third-order valence-electron chi connectivity index (χ3n) is 2.06. The first-order valence-electron chi connectivity index (χ1n) is 3.97. The zero-order chi connectivity index (χ0) is 11.2. The quantitative estimate of drug-likeness (QED) is 0.728. The molecular formula is C8H6ClNO4S. The van der Waals surface area contributed by atoms with Crippen LogP contribution < -0.4 is 5.32 Å². The lowest BCUT2D eigenvalue weighted by Gasteiger charge is -2.03. The number of nitrogens with one attached hydrogen (secondary N) is 1. The number of fused-ring (bicyclic) bond motifs is 1. The topological polar surface area (TPSA) is 83.5 Å². The highest BCUT2D eigenvalue weighted by molar-refractivity contribution is 7.86. The third-order valence-corrected chi connectivity index (χ3v) is 3.38. The van der Waals surface area contributed by atoms with Crippen LogP contribution >= 0.6 is 11.6 Å². The van der Waals surface area contributed by atoms with E-state index < -0.39 is 10.1 Å². The summed E-state index contributed by atoms with van der Waals surface area (Å²) >= 11 is 5.65. The van der Waals surface area contributed by atoms with Crippen molar-refractivity contribution in [3.8, 4) is 0 Å². The van der Waals surface area contributed by atoms with Crippen LogP contribution in [-0.2, 0) is 21.3 Å². The summed E-state index contributed by atoms with van der Waals surface area (Å²) in [5.41, 5.74) is 0.995. The number of carbonyl (C=O) groups excluding carboxylic acids is 1. The molecule has 0 saturated carbocycles. The molecule has 5 nitrogen and oxygen atoms in total. The van der Waals surface area contributed by atoms with E-state index in [1.54, 1.807) is 0 Å². The second-order valence-electron chi connectivity index (χ2n) is 3.14. The number of anilines is 1. The van der Waals surface area contributed by atoms with Crippen LogP contribution in [0, 0.1) is 0 Å². The molecule has 80 valence electrons. The van der Waals surface area contributed by atoms with Gasteiger partial charge in [-0.2, -0.15) is 8.42 Å². The van der Waals surface area contributed by atoms with Crippen LogP contribution in [-0.4, -0.2) is 18.9 Å². The molecule has 1 heterocycles. The summed E-state index contributed by atoms with van der Waals surface area (Å²) in [6.07, 6.45) is 0.0923. The third kappa shape index (κ3) is 1.83. The van der Waals surface area contributed by atoms with Gasteiger partial charge in [-0.05, 0) is 17.7 Å². The Morgan fingerprint density at radius 1 is 1.40 bits per heavy atom. The van der Waals surface area contributed by atoms with Crippen LogP contribution in [0.3, 0.4) is 0 Å². The Bertz CT molecular complexity index is 552. The minimum absolute atomic E-state index is 0.0923. The van der Waals surface area contributed by atoms with Crippen molar-refractivity contribution in [2.24, 2.45) is 0 Å². The number of hydrogen-bond donors (Lipinski definition) is 2. The zero-order valence-electron chi connectivity index (χ0n) is 7.32. The van der Waals surface area contributed by atoms with Gasteiger partial charge >= 0.3 is 0 Å². The molecule has 7 heteroatoms. The van der Waals surface area contributed by atoms with Gasteiger partial charge in [-0.15, -0.1) is 0 Å². The first kappa shape index (κ1) is 10.4. The normalized spacial score (nSPS) is 14.9. The lowest BCUT2D eigenvalue weighted by atomic mass is 10.2. The molecule has 0 bridgehead atoms. The van der Waals surface area contributed by atoms with Crippen molar-refractivity contribution in [3.05, 3.63) is 22.7 Å². The maximum atomic E-state index is 11.0. The van der Waals surface area contributed by atoms with Gasteiger partial charge in [-0.25, -0.2) is 0 Å². The van der Waals surface area contributed by atoms with Crippen LogP contribution in [0.4, 0.5) is 5.69 Å². The monoisotopic (exact) mass is 247 g/mol. The van der Waals surface area contributed by atoms with Crippen molar-refractivity contribution in [2.75, 3.05) is 5.32 Å². The Morgan fingerprint density at radius 3 is 2.67 bits per heavy atom. The lowest BCUT2D eigenvalue weighted by Crippen LogP contribution is -2.03. The fourth-order valence-corrected chi connectivity index (χ4v) is 2.48. The largest absolute Gasteiger partial charge is 0.325 e. The van der Waals surface area contributed by atoms with Crippen LogP contribution in [0.25, 0.3) is 0 Å². The van der Waals surface area contributed by atoms with Crippen LogP contribution in [0.15, 0.2) is 17.0 Å². The van der Waals surface area contributed by atoms with Gasteiger partial charge in [-0.3, -0.25) is 9.35 Å². The molecule has 1 aromatic rings. The average molecular weight is 248 g/mol. The van der Waals surface area contributed by atoms with Crippen molar-refractivity contribution >= 4 is 33.3 Å². The maximum absolute atomic E-state index is 11.0. The second kappa shape index (κ2) is 3.19. The highest BCUT2D eigenvalue weighted by Crippen LogP contribution is 2.31. The van der Waals surface area contributed by atoms with Crippen molar-refractivity contribution < 1.29 is 17.8 Å². The molecule has 0 unspecified atom stereocenters. The van der Waals surface area contributed by atoms with Gasteiger partial charge in [0.25, 0.3) is 10.1 Å². The molecular weight excluding hydrogens is 242 g/mol. The highest BCUT2D eigenvalue weighted by atomic mass is 35.5. The Kier molecular flexibility index (Phi) is 2.22. The molecule has 1 aromatic carbocycles.